The highest BCUT2D eigenvalue weighted by atomic mass is 19.4. The molecule has 2 amide bonds. The minimum Gasteiger partial charge on any atom is -0.369 e. The third-order valence-corrected chi connectivity index (χ3v) is 4.28. The summed E-state index contributed by atoms with van der Waals surface area (Å²) in [6, 6.07) is 2.05. The molecule has 0 aliphatic rings. The summed E-state index contributed by atoms with van der Waals surface area (Å²) >= 11 is 0. The molecule has 0 radical (unpaired) electrons. The molecule has 0 atom stereocenters. The van der Waals surface area contributed by atoms with Gasteiger partial charge in [0.05, 0.1) is 5.54 Å². The van der Waals surface area contributed by atoms with Crippen molar-refractivity contribution in [1.29, 1.82) is 0 Å². The monoisotopic (exact) mass is 472 g/mol. The number of guanidine groups is 1. The molecule has 14 heteroatoms. The third kappa shape index (κ3) is 5.18. The Kier molecular flexibility index (Phi) is 7.36. The van der Waals surface area contributed by atoms with Crippen molar-refractivity contribution in [1.82, 2.24) is 4.90 Å². The van der Waals surface area contributed by atoms with Crippen LogP contribution in [0.2, 0.25) is 0 Å². The summed E-state index contributed by atoms with van der Waals surface area (Å²) in [7, 11) is 1.22. The van der Waals surface area contributed by atoms with Gasteiger partial charge in [-0.2, -0.15) is 26.3 Å². The lowest BCUT2D eigenvalue weighted by Gasteiger charge is -2.31. The molecule has 0 saturated heterocycles. The molecule has 0 spiro atoms. The van der Waals surface area contributed by atoms with Crippen LogP contribution in [0.4, 0.5) is 36.4 Å². The fourth-order valence-corrected chi connectivity index (χ4v) is 2.38. The van der Waals surface area contributed by atoms with Gasteiger partial charge in [0.25, 0.3) is 11.8 Å². The van der Waals surface area contributed by atoms with E-state index in [9.17, 15) is 40.3 Å². The second-order valence-electron chi connectivity index (χ2n) is 6.99. The van der Waals surface area contributed by atoms with Crippen molar-refractivity contribution >= 4 is 23.5 Å². The normalized spacial score (nSPS) is 13.5. The number of hydrogen-bond acceptors (Lipinski definition) is 4. The van der Waals surface area contributed by atoms with Crippen LogP contribution in [0, 0.1) is 5.82 Å². The summed E-state index contributed by atoms with van der Waals surface area (Å²) in [6.45, 7) is 5.80. The maximum atomic E-state index is 14.4. The summed E-state index contributed by atoms with van der Waals surface area (Å²) in [5.74, 6) is -4.91. The molecule has 4 N–H and O–H groups in total. The van der Waals surface area contributed by atoms with E-state index in [1.165, 1.54) is 26.2 Å². The number of alkyl halides is 6. The molecule has 1 aromatic carbocycles. The summed E-state index contributed by atoms with van der Waals surface area (Å²) in [5, 5.41) is 10.4. The number of anilines is 1. The van der Waals surface area contributed by atoms with Crippen LogP contribution in [0.3, 0.4) is 0 Å². The van der Waals surface area contributed by atoms with Crippen molar-refractivity contribution in [3.05, 3.63) is 42.2 Å². The first kappa shape index (κ1) is 26.9. The van der Waals surface area contributed by atoms with Crippen molar-refractivity contribution in [3.8, 4) is 0 Å². The number of halogens is 7. The topological polar surface area (TPSA) is 108 Å². The average Bonchev–Trinajstić information content (AvgIpc) is 2.64. The van der Waals surface area contributed by atoms with E-state index in [4.69, 9.17) is 10.8 Å². The molecule has 0 aliphatic carbocycles. The van der Waals surface area contributed by atoms with Gasteiger partial charge in [0.2, 0.25) is 0 Å². The van der Waals surface area contributed by atoms with Gasteiger partial charge in [0.15, 0.2) is 5.96 Å². The number of hydrogen-bond donors (Lipinski definition) is 3. The molecule has 0 bridgehead atoms. The van der Waals surface area contributed by atoms with Gasteiger partial charge in [0.1, 0.15) is 5.82 Å². The molecule has 0 aromatic heterocycles. The van der Waals surface area contributed by atoms with Crippen LogP contribution in [0.15, 0.2) is 35.8 Å². The summed E-state index contributed by atoms with van der Waals surface area (Å²) in [4.78, 5) is 28.1. The molecule has 32 heavy (non-hydrogen) atoms. The zero-order chi connectivity index (χ0) is 25.3. The van der Waals surface area contributed by atoms with Gasteiger partial charge in [-0.05, 0) is 38.1 Å². The Morgan fingerprint density at radius 2 is 1.66 bits per heavy atom. The van der Waals surface area contributed by atoms with Crippen LogP contribution in [0.25, 0.3) is 0 Å². The van der Waals surface area contributed by atoms with Crippen LogP contribution in [-0.2, 0) is 15.1 Å². The van der Waals surface area contributed by atoms with Gasteiger partial charge in [-0.1, -0.05) is 6.58 Å². The zero-order valence-electron chi connectivity index (χ0n) is 16.9. The van der Waals surface area contributed by atoms with Gasteiger partial charge in [-0.15, -0.1) is 0 Å². The summed E-state index contributed by atoms with van der Waals surface area (Å²) in [5.41, 5.74) is -2.74. The largest absolute Gasteiger partial charge is 0.435 e. The van der Waals surface area contributed by atoms with E-state index in [0.29, 0.717) is 18.2 Å². The molecule has 0 unspecified atom stereocenters. The first-order chi connectivity index (χ1) is 14.3. The number of aliphatic imine (C=N–C) groups is 1. The Balaban J connectivity index is 3.40. The summed E-state index contributed by atoms with van der Waals surface area (Å²) in [6.07, 6.45) is -11.9. The number of rotatable bonds is 5. The number of likely N-dealkylation sites (N-methyl/N-ethyl adjacent to an activating group) is 1. The van der Waals surface area contributed by atoms with Crippen LogP contribution in [-0.4, -0.2) is 52.8 Å². The second kappa shape index (κ2) is 8.76. The Morgan fingerprint density at radius 1 is 1.16 bits per heavy atom. The van der Waals surface area contributed by atoms with Crippen molar-refractivity contribution in [3.63, 3.8) is 0 Å². The highest BCUT2D eigenvalue weighted by Gasteiger charge is 2.75. The van der Waals surface area contributed by atoms with E-state index in [1.807, 2.05) is 0 Å². The highest BCUT2D eigenvalue weighted by molar-refractivity contribution is 6.01. The summed E-state index contributed by atoms with van der Waals surface area (Å²) < 4.78 is 91.4. The molecule has 0 fully saturated rings. The van der Waals surface area contributed by atoms with Gasteiger partial charge in [-0.3, -0.25) is 14.5 Å². The number of nitrogens with zero attached hydrogens (tertiary/aromatic N) is 2. The number of aliphatic hydroxyl groups is 1. The Bertz CT molecular complexity index is 925. The van der Waals surface area contributed by atoms with E-state index < -0.39 is 58.3 Å². The Labute approximate surface area is 177 Å². The van der Waals surface area contributed by atoms with E-state index in [2.05, 4.69) is 11.6 Å². The molecule has 0 saturated carbocycles. The molecule has 1 aromatic rings. The highest BCUT2D eigenvalue weighted by Crippen LogP contribution is 2.44. The number of nitrogens with one attached hydrogen (secondary N) is 1. The first-order valence-electron chi connectivity index (χ1n) is 8.52. The Hall–Kier alpha value is -3.16. The molecule has 178 valence electrons. The minimum atomic E-state index is -6.39. The number of nitrogens with two attached hydrogens (primary N) is 1. The Morgan fingerprint density at radius 3 is 2.09 bits per heavy atom. The quantitative estimate of drug-likeness (QED) is 0.265. The van der Waals surface area contributed by atoms with Gasteiger partial charge < -0.3 is 16.2 Å². The molecule has 0 heterocycles. The first-order valence-corrected chi connectivity index (χ1v) is 8.52. The fraction of sp³-hybridized carbons (Fsp3) is 0.389. The predicted octanol–water partition coefficient (Wildman–Crippen LogP) is 2.81. The van der Waals surface area contributed by atoms with E-state index in [0.717, 1.165) is 11.0 Å². The number of amides is 2. The minimum absolute atomic E-state index is 0.403. The number of carbonyl (C=O) groups excluding carboxylic acids is 2. The molecular weight excluding hydrogens is 453 g/mol. The molecule has 1 rings (SSSR count). The van der Waals surface area contributed by atoms with Crippen molar-refractivity contribution < 1.29 is 45.4 Å². The molecule has 0 aliphatic heterocycles. The SMILES string of the molecule is C=CC(=O)N(C)/C(N)=N\C(C)(C)c1cc(NC(=O)C(O)(C(F)(F)F)C(F)(F)F)ccc1F. The van der Waals surface area contributed by atoms with Gasteiger partial charge >= 0.3 is 18.0 Å². The maximum absolute atomic E-state index is 14.4. The van der Waals surface area contributed by atoms with Crippen LogP contribution < -0.4 is 11.1 Å². The lowest BCUT2D eigenvalue weighted by Crippen LogP contribution is -2.64. The van der Waals surface area contributed by atoms with E-state index in [1.54, 1.807) is 0 Å². The zero-order valence-corrected chi connectivity index (χ0v) is 16.9. The average molecular weight is 472 g/mol. The number of benzene rings is 1. The molecule has 7 nitrogen and oxygen atoms in total. The van der Waals surface area contributed by atoms with Crippen LogP contribution in [0.5, 0.6) is 0 Å². The molecular formula is C18H19F7N4O3. The van der Waals surface area contributed by atoms with E-state index >= 15 is 0 Å². The van der Waals surface area contributed by atoms with Crippen LogP contribution in [0.1, 0.15) is 19.4 Å². The fourth-order valence-electron chi connectivity index (χ4n) is 2.38. The second-order valence-corrected chi connectivity index (χ2v) is 6.99. The van der Waals surface area contributed by atoms with Gasteiger partial charge in [0, 0.05) is 18.3 Å². The lowest BCUT2D eigenvalue weighted by atomic mass is 9.93. The maximum Gasteiger partial charge on any atom is 0.435 e. The lowest BCUT2D eigenvalue weighted by molar-refractivity contribution is -0.348. The smallest absolute Gasteiger partial charge is 0.369 e. The van der Waals surface area contributed by atoms with E-state index in [-0.39, 0.29) is 0 Å². The third-order valence-electron chi connectivity index (χ3n) is 4.28. The van der Waals surface area contributed by atoms with Gasteiger partial charge in [-0.25, -0.2) is 9.38 Å². The number of carbonyl (C=O) groups is 2. The van der Waals surface area contributed by atoms with Crippen LogP contribution >= 0.6 is 0 Å². The van der Waals surface area contributed by atoms with Crippen molar-refractivity contribution in [2.24, 2.45) is 10.7 Å². The van der Waals surface area contributed by atoms with Crippen molar-refractivity contribution in [2.75, 3.05) is 12.4 Å². The predicted molar refractivity (Wildman–Crippen MR) is 99.7 cm³/mol. The van der Waals surface area contributed by atoms with Crippen molar-refractivity contribution in [2.45, 2.75) is 37.3 Å². The standard InChI is InChI=1S/C18H19F7N4O3/c1-5-12(30)29(4)14(26)28-15(2,3)10-8-9(6-7-11(10)19)27-13(31)16(32,17(20,21)22)18(23,24)25/h5-8,32H,1H2,2-4H3,(H2,26,28)(H,27,31).